The number of ether oxygens (including phenoxy) is 2. The van der Waals surface area contributed by atoms with Gasteiger partial charge in [-0.25, -0.2) is 15.0 Å². The molecule has 4 atom stereocenters. The lowest BCUT2D eigenvalue weighted by molar-refractivity contribution is -0.123. The number of imidazole rings is 1. The summed E-state index contributed by atoms with van der Waals surface area (Å²) >= 11 is 0. The Morgan fingerprint density at radius 1 is 1.48 bits per heavy atom. The van der Waals surface area contributed by atoms with Gasteiger partial charge in [0.1, 0.15) is 29.7 Å². The third-order valence-electron chi connectivity index (χ3n) is 4.58. The lowest BCUT2D eigenvalue weighted by Crippen LogP contribution is -2.48. The minimum Gasteiger partial charge on any atom is -0.387 e. The third-order valence-corrected chi connectivity index (χ3v) is 4.58. The standard InChI is InChI=1S/C13H17N5O3/c1-2-13-3-4-20-8(9(13)19)12(21-13)18-6-17-7-10(14)15-5-16-11(7)18/h5-6,8-9,12,19H,2-4H2,1H3,(H2,14,15,16)/t8?,9?,12-,13+/m1/s1. The molecule has 2 aromatic rings. The molecule has 2 unspecified atom stereocenters. The molecule has 2 bridgehead atoms. The fourth-order valence-electron chi connectivity index (χ4n) is 3.32. The number of nitrogens with zero attached hydrogens (tertiary/aromatic N) is 4. The van der Waals surface area contributed by atoms with E-state index in [2.05, 4.69) is 15.0 Å². The van der Waals surface area contributed by atoms with Crippen molar-refractivity contribution in [3.05, 3.63) is 12.7 Å². The highest BCUT2D eigenvalue weighted by Crippen LogP contribution is 2.46. The number of fused-ring (bicyclic) bond motifs is 3. The van der Waals surface area contributed by atoms with E-state index in [9.17, 15) is 5.11 Å². The van der Waals surface area contributed by atoms with Gasteiger partial charge in [0, 0.05) is 6.42 Å². The molecule has 21 heavy (non-hydrogen) atoms. The van der Waals surface area contributed by atoms with E-state index in [1.807, 2.05) is 6.92 Å². The van der Waals surface area contributed by atoms with Crippen LogP contribution in [0.2, 0.25) is 0 Å². The summed E-state index contributed by atoms with van der Waals surface area (Å²) in [5, 5.41) is 10.5. The molecule has 0 spiro atoms. The molecule has 112 valence electrons. The maximum absolute atomic E-state index is 10.5. The number of aromatic nitrogens is 4. The molecular weight excluding hydrogens is 274 g/mol. The van der Waals surface area contributed by atoms with Gasteiger partial charge in [0.25, 0.3) is 0 Å². The van der Waals surface area contributed by atoms with Gasteiger partial charge in [-0.15, -0.1) is 0 Å². The lowest BCUT2D eigenvalue weighted by atomic mass is 9.87. The minimum atomic E-state index is -0.655. The smallest absolute Gasteiger partial charge is 0.167 e. The predicted molar refractivity (Wildman–Crippen MR) is 73.2 cm³/mol. The van der Waals surface area contributed by atoms with Gasteiger partial charge < -0.3 is 20.3 Å². The average Bonchev–Trinajstić information content (AvgIpc) is 2.96. The molecule has 2 aliphatic heterocycles. The highest BCUT2D eigenvalue weighted by Gasteiger charge is 2.57. The van der Waals surface area contributed by atoms with E-state index < -0.39 is 24.0 Å². The van der Waals surface area contributed by atoms with Crippen molar-refractivity contribution in [1.29, 1.82) is 0 Å². The van der Waals surface area contributed by atoms with Crippen LogP contribution < -0.4 is 5.73 Å². The molecule has 0 aromatic carbocycles. The summed E-state index contributed by atoms with van der Waals surface area (Å²) in [6.07, 6.45) is 2.88. The average molecular weight is 291 g/mol. The van der Waals surface area contributed by atoms with Crippen molar-refractivity contribution in [2.24, 2.45) is 0 Å². The van der Waals surface area contributed by atoms with Crippen molar-refractivity contribution >= 4 is 17.0 Å². The summed E-state index contributed by atoms with van der Waals surface area (Å²) in [4.78, 5) is 12.4. The van der Waals surface area contributed by atoms with Crippen molar-refractivity contribution in [1.82, 2.24) is 19.5 Å². The zero-order chi connectivity index (χ0) is 14.6. The largest absolute Gasteiger partial charge is 0.387 e. The van der Waals surface area contributed by atoms with Gasteiger partial charge in [-0.3, -0.25) is 4.57 Å². The van der Waals surface area contributed by atoms with Crippen LogP contribution in [-0.2, 0) is 9.47 Å². The zero-order valence-corrected chi connectivity index (χ0v) is 11.6. The van der Waals surface area contributed by atoms with Crippen LogP contribution in [-0.4, -0.2) is 49.0 Å². The molecule has 3 N–H and O–H groups in total. The first-order chi connectivity index (χ1) is 10.2. The van der Waals surface area contributed by atoms with Crippen LogP contribution in [0.4, 0.5) is 5.82 Å². The maximum atomic E-state index is 10.5. The molecule has 8 heteroatoms. The van der Waals surface area contributed by atoms with Gasteiger partial charge in [0.2, 0.25) is 0 Å². The molecule has 4 heterocycles. The van der Waals surface area contributed by atoms with Gasteiger partial charge >= 0.3 is 0 Å². The van der Waals surface area contributed by atoms with Crippen molar-refractivity contribution in [2.45, 2.75) is 43.8 Å². The zero-order valence-electron chi connectivity index (χ0n) is 11.6. The molecule has 4 rings (SSSR count). The molecule has 2 fully saturated rings. The number of nitrogens with two attached hydrogens (primary N) is 1. The second kappa shape index (κ2) is 4.36. The van der Waals surface area contributed by atoms with E-state index in [4.69, 9.17) is 15.2 Å². The van der Waals surface area contributed by atoms with Crippen molar-refractivity contribution in [2.75, 3.05) is 12.3 Å². The van der Waals surface area contributed by atoms with Gasteiger partial charge in [-0.1, -0.05) is 6.92 Å². The van der Waals surface area contributed by atoms with Gasteiger partial charge in [0.15, 0.2) is 17.7 Å². The summed E-state index contributed by atoms with van der Waals surface area (Å²) in [5.41, 5.74) is 6.37. The Hall–Kier alpha value is -1.77. The molecule has 2 aliphatic rings. The van der Waals surface area contributed by atoms with Gasteiger partial charge in [-0.2, -0.15) is 0 Å². The molecule has 0 saturated carbocycles. The Balaban J connectivity index is 1.81. The van der Waals surface area contributed by atoms with Crippen LogP contribution in [0.3, 0.4) is 0 Å². The number of rotatable bonds is 2. The Bertz CT molecular complexity index is 689. The van der Waals surface area contributed by atoms with Crippen LogP contribution >= 0.6 is 0 Å². The summed E-state index contributed by atoms with van der Waals surface area (Å²) in [6.45, 7) is 2.59. The minimum absolute atomic E-state index is 0.325. The quantitative estimate of drug-likeness (QED) is 0.815. The first-order valence-corrected chi connectivity index (χ1v) is 7.07. The molecule has 0 radical (unpaired) electrons. The SMILES string of the molecule is CC[C@]12CCOC(C1O)[C@H](n1cnc3c(N)ncnc31)O2. The van der Waals surface area contributed by atoms with E-state index in [1.165, 1.54) is 6.33 Å². The molecule has 8 nitrogen and oxygen atoms in total. The Morgan fingerprint density at radius 3 is 3.10 bits per heavy atom. The summed E-state index contributed by atoms with van der Waals surface area (Å²) in [5.74, 6) is 0.325. The first-order valence-electron chi connectivity index (χ1n) is 7.07. The first kappa shape index (κ1) is 12.9. The molecular formula is C13H17N5O3. The van der Waals surface area contributed by atoms with Gasteiger partial charge in [0.05, 0.1) is 12.9 Å². The summed E-state index contributed by atoms with van der Waals surface area (Å²) < 4.78 is 13.7. The fraction of sp³-hybridized carbons (Fsp3) is 0.615. The second-order valence-electron chi connectivity index (χ2n) is 5.54. The van der Waals surface area contributed by atoms with E-state index in [-0.39, 0.29) is 0 Å². The molecule has 0 amide bonds. The van der Waals surface area contributed by atoms with Crippen molar-refractivity contribution in [3.8, 4) is 0 Å². The van der Waals surface area contributed by atoms with E-state index in [1.54, 1.807) is 10.9 Å². The number of aliphatic hydroxyl groups excluding tert-OH is 1. The Labute approximate surface area is 120 Å². The monoisotopic (exact) mass is 291 g/mol. The number of anilines is 1. The Kier molecular flexibility index (Phi) is 2.69. The molecule has 0 aliphatic carbocycles. The van der Waals surface area contributed by atoms with E-state index in [0.29, 0.717) is 30.0 Å². The van der Waals surface area contributed by atoms with Crippen LogP contribution in [0, 0.1) is 0 Å². The second-order valence-corrected chi connectivity index (χ2v) is 5.54. The topological polar surface area (TPSA) is 108 Å². The normalized spacial score (nSPS) is 35.4. The molecule has 2 aromatic heterocycles. The van der Waals surface area contributed by atoms with Gasteiger partial charge in [-0.05, 0) is 6.42 Å². The van der Waals surface area contributed by atoms with Crippen LogP contribution in [0.15, 0.2) is 12.7 Å². The van der Waals surface area contributed by atoms with Crippen molar-refractivity contribution < 1.29 is 14.6 Å². The summed E-state index contributed by atoms with van der Waals surface area (Å²) in [7, 11) is 0. The lowest BCUT2D eigenvalue weighted by Gasteiger charge is -2.34. The van der Waals surface area contributed by atoms with Crippen LogP contribution in [0.5, 0.6) is 0 Å². The van der Waals surface area contributed by atoms with E-state index in [0.717, 1.165) is 6.42 Å². The predicted octanol–water partition coefficient (Wildman–Crippen LogP) is 0.236. The highest BCUT2D eigenvalue weighted by atomic mass is 16.6. The van der Waals surface area contributed by atoms with E-state index >= 15 is 0 Å². The highest BCUT2D eigenvalue weighted by molar-refractivity contribution is 5.81. The maximum Gasteiger partial charge on any atom is 0.167 e. The van der Waals surface area contributed by atoms with Crippen molar-refractivity contribution in [3.63, 3.8) is 0 Å². The third kappa shape index (κ3) is 1.63. The number of aliphatic hydroxyl groups is 1. The van der Waals surface area contributed by atoms with Crippen LogP contribution in [0.1, 0.15) is 26.0 Å². The number of hydrogen-bond acceptors (Lipinski definition) is 7. The number of hydrogen-bond donors (Lipinski definition) is 2. The molecule has 2 saturated heterocycles. The number of nitrogen functional groups attached to an aromatic ring is 1. The van der Waals surface area contributed by atoms with Crippen LogP contribution in [0.25, 0.3) is 11.2 Å². The summed E-state index contributed by atoms with van der Waals surface area (Å²) in [6, 6.07) is 0. The fourth-order valence-corrected chi connectivity index (χ4v) is 3.32. The Morgan fingerprint density at radius 2 is 2.33 bits per heavy atom.